The Hall–Kier alpha value is -3.81. The topological polar surface area (TPSA) is 104 Å². The van der Waals surface area contributed by atoms with Crippen LogP contribution in [0.1, 0.15) is 30.1 Å². The third-order valence-corrected chi connectivity index (χ3v) is 4.95. The van der Waals surface area contributed by atoms with Gasteiger partial charge in [0.25, 0.3) is 5.91 Å². The third-order valence-electron chi connectivity index (χ3n) is 4.95. The van der Waals surface area contributed by atoms with Gasteiger partial charge in [-0.2, -0.15) is 0 Å². The second kappa shape index (κ2) is 7.67. The van der Waals surface area contributed by atoms with Crippen molar-refractivity contribution in [3.8, 4) is 0 Å². The van der Waals surface area contributed by atoms with E-state index in [0.29, 0.717) is 30.0 Å². The summed E-state index contributed by atoms with van der Waals surface area (Å²) in [6.07, 6.45) is 4.30. The van der Waals surface area contributed by atoms with Crippen LogP contribution in [0.5, 0.6) is 0 Å². The molecule has 0 saturated heterocycles. The van der Waals surface area contributed by atoms with Crippen LogP contribution in [0.3, 0.4) is 0 Å². The molecule has 3 amide bonds. The number of imide groups is 1. The number of pyridine rings is 2. The molecular formula is C21H19N5O3. The van der Waals surface area contributed by atoms with Crippen molar-refractivity contribution in [1.29, 1.82) is 0 Å². The Bertz CT molecular complexity index is 1100. The van der Waals surface area contributed by atoms with E-state index < -0.39 is 0 Å². The molecule has 8 nitrogen and oxygen atoms in total. The Kier molecular flexibility index (Phi) is 4.90. The van der Waals surface area contributed by atoms with Gasteiger partial charge in [-0.25, -0.2) is 9.97 Å². The average Bonchev–Trinajstić information content (AvgIpc) is 3.03. The molecule has 146 valence electrons. The number of carbonyl (C=O) groups excluding carboxylic acids is 3. The van der Waals surface area contributed by atoms with Crippen molar-refractivity contribution in [1.82, 2.24) is 15.3 Å². The lowest BCUT2D eigenvalue weighted by atomic mass is 10.1. The quantitative estimate of drug-likeness (QED) is 0.602. The monoisotopic (exact) mass is 389 g/mol. The van der Waals surface area contributed by atoms with E-state index in [9.17, 15) is 14.4 Å². The van der Waals surface area contributed by atoms with Crippen LogP contribution in [0.2, 0.25) is 0 Å². The molecule has 4 rings (SSSR count). The van der Waals surface area contributed by atoms with E-state index in [1.54, 1.807) is 23.4 Å². The first-order valence-corrected chi connectivity index (χ1v) is 9.26. The van der Waals surface area contributed by atoms with Crippen molar-refractivity contribution in [2.24, 2.45) is 0 Å². The second-order valence-corrected chi connectivity index (χ2v) is 6.81. The molecule has 3 aromatic rings. The van der Waals surface area contributed by atoms with Gasteiger partial charge in [0.05, 0.1) is 17.4 Å². The van der Waals surface area contributed by atoms with Gasteiger partial charge in [0.2, 0.25) is 12.3 Å². The van der Waals surface area contributed by atoms with Crippen LogP contribution in [0.15, 0.2) is 48.8 Å². The molecule has 29 heavy (non-hydrogen) atoms. The van der Waals surface area contributed by atoms with Crippen LogP contribution in [0.25, 0.3) is 10.8 Å². The van der Waals surface area contributed by atoms with E-state index in [0.717, 1.165) is 16.5 Å². The summed E-state index contributed by atoms with van der Waals surface area (Å²) in [6.45, 7) is 1.87. The number of anilines is 3. The molecule has 0 fully saturated rings. The number of nitrogens with zero attached hydrogens (tertiary/aromatic N) is 3. The number of amides is 3. The normalized spacial score (nSPS) is 13.4. The van der Waals surface area contributed by atoms with Crippen molar-refractivity contribution in [3.05, 3.63) is 54.4 Å². The molecule has 8 heteroatoms. The number of nitrogens with one attached hydrogen (secondary N) is 2. The molecule has 0 aliphatic carbocycles. The Morgan fingerprint density at radius 3 is 2.83 bits per heavy atom. The average molecular weight is 389 g/mol. The summed E-state index contributed by atoms with van der Waals surface area (Å²) >= 11 is 0. The minimum atomic E-state index is -0.371. The highest BCUT2D eigenvalue weighted by atomic mass is 16.2. The molecule has 1 aliphatic heterocycles. The fraction of sp³-hybridized carbons (Fsp3) is 0.190. The van der Waals surface area contributed by atoms with Crippen LogP contribution in [0.4, 0.5) is 17.3 Å². The van der Waals surface area contributed by atoms with Gasteiger partial charge in [-0.1, -0.05) is 18.2 Å². The van der Waals surface area contributed by atoms with E-state index in [-0.39, 0.29) is 24.3 Å². The van der Waals surface area contributed by atoms with Crippen LogP contribution in [0, 0.1) is 0 Å². The maximum absolute atomic E-state index is 13.1. The first-order chi connectivity index (χ1) is 14.1. The molecule has 3 heterocycles. The zero-order valence-corrected chi connectivity index (χ0v) is 15.8. The summed E-state index contributed by atoms with van der Waals surface area (Å²) in [5.41, 5.74) is 1.34. The van der Waals surface area contributed by atoms with Gasteiger partial charge in [-0.3, -0.25) is 24.6 Å². The van der Waals surface area contributed by atoms with Crippen molar-refractivity contribution in [2.45, 2.75) is 25.8 Å². The summed E-state index contributed by atoms with van der Waals surface area (Å²) in [6, 6.07) is 10.9. The highest BCUT2D eigenvalue weighted by molar-refractivity contribution is 6.25. The summed E-state index contributed by atoms with van der Waals surface area (Å²) in [7, 11) is 0. The number of benzene rings is 1. The predicted molar refractivity (Wildman–Crippen MR) is 109 cm³/mol. The minimum Gasteiger partial charge on any atom is -0.338 e. The number of rotatable bonds is 7. The lowest BCUT2D eigenvalue weighted by molar-refractivity contribution is -0.125. The SMILES string of the molecule is CC(CCC(=O)NC=O)N1C(=O)c2cccc3c(Nc4ccccn4)cnc1c23. The van der Waals surface area contributed by atoms with Gasteiger partial charge in [-0.05, 0) is 31.5 Å². The second-order valence-electron chi connectivity index (χ2n) is 6.81. The van der Waals surface area contributed by atoms with E-state index in [1.807, 2.05) is 37.3 Å². The van der Waals surface area contributed by atoms with E-state index in [2.05, 4.69) is 20.6 Å². The lowest BCUT2D eigenvalue weighted by Crippen LogP contribution is -2.37. The smallest absolute Gasteiger partial charge is 0.260 e. The fourth-order valence-electron chi connectivity index (χ4n) is 3.55. The minimum absolute atomic E-state index is 0.141. The molecule has 2 aromatic heterocycles. The van der Waals surface area contributed by atoms with Gasteiger partial charge in [0, 0.05) is 29.4 Å². The predicted octanol–water partition coefficient (Wildman–Crippen LogP) is 2.77. The molecular weight excluding hydrogens is 370 g/mol. The van der Waals surface area contributed by atoms with Crippen LogP contribution < -0.4 is 15.5 Å². The number of hydrogen-bond donors (Lipinski definition) is 2. The fourth-order valence-corrected chi connectivity index (χ4v) is 3.55. The molecule has 1 atom stereocenters. The van der Waals surface area contributed by atoms with Crippen molar-refractivity contribution < 1.29 is 14.4 Å². The van der Waals surface area contributed by atoms with Gasteiger partial charge in [0.1, 0.15) is 11.6 Å². The Labute approximate surface area is 167 Å². The summed E-state index contributed by atoms with van der Waals surface area (Å²) in [5.74, 6) is 0.751. The first-order valence-electron chi connectivity index (χ1n) is 9.26. The van der Waals surface area contributed by atoms with Crippen LogP contribution in [-0.2, 0) is 9.59 Å². The number of hydrogen-bond acceptors (Lipinski definition) is 6. The Morgan fingerprint density at radius 2 is 2.07 bits per heavy atom. The van der Waals surface area contributed by atoms with Crippen molar-refractivity contribution in [3.63, 3.8) is 0 Å². The largest absolute Gasteiger partial charge is 0.338 e. The zero-order valence-electron chi connectivity index (χ0n) is 15.8. The van der Waals surface area contributed by atoms with Crippen LogP contribution in [-0.4, -0.2) is 34.2 Å². The summed E-state index contributed by atoms with van der Waals surface area (Å²) in [5, 5.41) is 7.03. The molecule has 1 aliphatic rings. The maximum Gasteiger partial charge on any atom is 0.260 e. The Morgan fingerprint density at radius 1 is 1.21 bits per heavy atom. The summed E-state index contributed by atoms with van der Waals surface area (Å²) < 4.78 is 0. The van der Waals surface area contributed by atoms with Crippen LogP contribution >= 0.6 is 0 Å². The van der Waals surface area contributed by atoms with E-state index >= 15 is 0 Å². The number of carbonyl (C=O) groups is 3. The highest BCUT2D eigenvalue weighted by Crippen LogP contribution is 2.40. The standard InChI is InChI=1S/C21H19N5O3/c1-13(8-9-18(28)24-12-27)26-20-19-14(5-4-6-15(19)21(26)29)16(11-23-20)25-17-7-2-3-10-22-17/h2-7,10-13H,8-9H2,1H3,(H,22,25)(H,24,27,28). The first kappa shape index (κ1) is 18.5. The molecule has 1 unspecified atom stereocenters. The van der Waals surface area contributed by atoms with Gasteiger partial charge >= 0.3 is 0 Å². The van der Waals surface area contributed by atoms with Crippen molar-refractivity contribution in [2.75, 3.05) is 10.2 Å². The summed E-state index contributed by atoms with van der Waals surface area (Å²) in [4.78, 5) is 45.5. The molecule has 0 bridgehead atoms. The number of aromatic nitrogens is 2. The van der Waals surface area contributed by atoms with Gasteiger partial charge in [-0.15, -0.1) is 0 Å². The molecule has 0 spiro atoms. The third kappa shape index (κ3) is 3.40. The van der Waals surface area contributed by atoms with Crippen molar-refractivity contribution >= 4 is 46.3 Å². The lowest BCUT2D eigenvalue weighted by Gasteiger charge is -2.24. The van der Waals surface area contributed by atoms with Gasteiger partial charge in [0.15, 0.2) is 0 Å². The molecule has 1 aromatic carbocycles. The molecule has 2 N–H and O–H groups in total. The highest BCUT2D eigenvalue weighted by Gasteiger charge is 2.35. The maximum atomic E-state index is 13.1. The molecule has 0 saturated carbocycles. The van der Waals surface area contributed by atoms with E-state index in [4.69, 9.17) is 0 Å². The van der Waals surface area contributed by atoms with Gasteiger partial charge < -0.3 is 5.32 Å². The Balaban J connectivity index is 1.67. The van der Waals surface area contributed by atoms with E-state index in [1.165, 1.54) is 0 Å². The zero-order chi connectivity index (χ0) is 20.4. The molecule has 0 radical (unpaired) electrons.